The highest BCUT2D eigenvalue weighted by atomic mass is 32.2. The van der Waals surface area contributed by atoms with Crippen molar-refractivity contribution >= 4 is 9.84 Å². The molecular weight excluding hydrogens is 236 g/mol. The fourth-order valence-corrected chi connectivity index (χ4v) is 4.58. The molecule has 0 aromatic rings. The maximum absolute atomic E-state index is 11.7. The Bertz CT molecular complexity index is 372. The average molecular weight is 258 g/mol. The Labute approximate surface area is 104 Å². The molecule has 1 N–H and O–H groups in total. The van der Waals surface area contributed by atoms with Crippen LogP contribution in [0.5, 0.6) is 0 Å². The first-order valence-corrected chi connectivity index (χ1v) is 8.11. The maximum Gasteiger partial charge on any atom is 0.153 e. The van der Waals surface area contributed by atoms with Crippen LogP contribution in [0.15, 0.2) is 12.2 Å². The van der Waals surface area contributed by atoms with Gasteiger partial charge in [0.25, 0.3) is 0 Å². The van der Waals surface area contributed by atoms with Crippen LogP contribution in [-0.2, 0) is 9.84 Å². The number of hydrogen-bond acceptors (Lipinski definition) is 4. The topological polar surface area (TPSA) is 49.4 Å². The van der Waals surface area contributed by atoms with Crippen LogP contribution < -0.4 is 5.32 Å². The monoisotopic (exact) mass is 258 g/mol. The molecule has 17 heavy (non-hydrogen) atoms. The van der Waals surface area contributed by atoms with E-state index < -0.39 is 9.84 Å². The largest absolute Gasteiger partial charge is 0.314 e. The van der Waals surface area contributed by atoms with Gasteiger partial charge in [-0.15, -0.1) is 0 Å². The summed E-state index contributed by atoms with van der Waals surface area (Å²) < 4.78 is 23.4. The smallest absolute Gasteiger partial charge is 0.153 e. The van der Waals surface area contributed by atoms with E-state index in [1.807, 2.05) is 0 Å². The second-order valence-corrected chi connectivity index (χ2v) is 7.51. The molecule has 4 nitrogen and oxygen atoms in total. The molecule has 0 aromatic carbocycles. The standard InChI is InChI=1S/C12H22N2O2S/c1-11(10-14-6-4-13-5-7-14)9-12-3-2-8-17(12,15)16/h12-13H,1-10H2. The molecule has 2 fully saturated rings. The third kappa shape index (κ3) is 3.53. The fourth-order valence-electron chi connectivity index (χ4n) is 2.66. The minimum Gasteiger partial charge on any atom is -0.314 e. The van der Waals surface area contributed by atoms with Gasteiger partial charge in [-0.1, -0.05) is 12.2 Å². The summed E-state index contributed by atoms with van der Waals surface area (Å²) in [6.45, 7) is 9.03. The molecule has 0 aromatic heterocycles. The van der Waals surface area contributed by atoms with E-state index in [0.717, 1.165) is 51.1 Å². The lowest BCUT2D eigenvalue weighted by Gasteiger charge is -2.28. The summed E-state index contributed by atoms with van der Waals surface area (Å²) in [7, 11) is -2.81. The highest BCUT2D eigenvalue weighted by Gasteiger charge is 2.31. The van der Waals surface area contributed by atoms with Crippen LogP contribution >= 0.6 is 0 Å². The molecule has 2 saturated heterocycles. The Balaban J connectivity index is 1.80. The molecule has 5 heteroatoms. The number of nitrogens with one attached hydrogen (secondary N) is 1. The van der Waals surface area contributed by atoms with E-state index in [-0.39, 0.29) is 5.25 Å². The van der Waals surface area contributed by atoms with Crippen LogP contribution in [0.4, 0.5) is 0 Å². The van der Waals surface area contributed by atoms with Gasteiger partial charge in [-0.3, -0.25) is 4.90 Å². The van der Waals surface area contributed by atoms with Gasteiger partial charge in [0.15, 0.2) is 9.84 Å². The summed E-state index contributed by atoms with van der Waals surface area (Å²) in [5.74, 6) is 0.374. The average Bonchev–Trinajstić information content (AvgIpc) is 2.59. The van der Waals surface area contributed by atoms with Gasteiger partial charge in [0.05, 0.1) is 11.0 Å². The molecule has 1 unspecified atom stereocenters. The van der Waals surface area contributed by atoms with E-state index in [9.17, 15) is 8.42 Å². The molecule has 2 rings (SSSR count). The van der Waals surface area contributed by atoms with Gasteiger partial charge < -0.3 is 5.32 Å². The van der Waals surface area contributed by atoms with Crippen molar-refractivity contribution < 1.29 is 8.42 Å². The molecule has 0 radical (unpaired) electrons. The van der Waals surface area contributed by atoms with Crippen molar-refractivity contribution in [1.82, 2.24) is 10.2 Å². The summed E-state index contributed by atoms with van der Waals surface area (Å²) in [6, 6.07) is 0. The number of rotatable bonds is 4. The van der Waals surface area contributed by atoms with Crippen LogP contribution in [0.2, 0.25) is 0 Å². The van der Waals surface area contributed by atoms with Gasteiger partial charge in [-0.25, -0.2) is 8.42 Å². The van der Waals surface area contributed by atoms with E-state index in [4.69, 9.17) is 0 Å². The Hall–Kier alpha value is -0.390. The Morgan fingerprint density at radius 3 is 2.65 bits per heavy atom. The van der Waals surface area contributed by atoms with Crippen LogP contribution in [0, 0.1) is 0 Å². The molecular formula is C12H22N2O2S. The third-order valence-corrected chi connectivity index (χ3v) is 5.91. The number of hydrogen-bond donors (Lipinski definition) is 1. The number of nitrogens with zero attached hydrogens (tertiary/aromatic N) is 1. The molecule has 98 valence electrons. The zero-order valence-electron chi connectivity index (χ0n) is 10.3. The van der Waals surface area contributed by atoms with E-state index in [2.05, 4.69) is 16.8 Å². The van der Waals surface area contributed by atoms with Crippen LogP contribution in [0.1, 0.15) is 19.3 Å². The molecule has 0 aliphatic carbocycles. The lowest BCUT2D eigenvalue weighted by Crippen LogP contribution is -2.44. The normalized spacial score (nSPS) is 29.3. The highest BCUT2D eigenvalue weighted by molar-refractivity contribution is 7.92. The molecule has 2 aliphatic heterocycles. The molecule has 2 heterocycles. The first-order chi connectivity index (χ1) is 8.08. The third-order valence-electron chi connectivity index (χ3n) is 3.64. The summed E-state index contributed by atoms with van der Waals surface area (Å²) in [5, 5.41) is 3.15. The van der Waals surface area contributed by atoms with E-state index in [0.29, 0.717) is 12.2 Å². The van der Waals surface area contributed by atoms with Crippen LogP contribution in [-0.4, -0.2) is 57.0 Å². The van der Waals surface area contributed by atoms with Crippen LogP contribution in [0.25, 0.3) is 0 Å². The SMILES string of the molecule is C=C(CC1CCCS1(=O)=O)CN1CCNCC1. The summed E-state index contributed by atoms with van der Waals surface area (Å²) in [5.41, 5.74) is 1.07. The molecule has 1 atom stereocenters. The van der Waals surface area contributed by atoms with E-state index >= 15 is 0 Å². The second-order valence-electron chi connectivity index (χ2n) is 5.11. The summed E-state index contributed by atoms with van der Waals surface area (Å²) in [4.78, 5) is 2.35. The molecule has 0 saturated carbocycles. The molecule has 0 spiro atoms. The van der Waals surface area contributed by atoms with Crippen molar-refractivity contribution in [2.45, 2.75) is 24.5 Å². The Morgan fingerprint density at radius 2 is 2.06 bits per heavy atom. The zero-order chi connectivity index (χ0) is 12.3. The first kappa shape index (κ1) is 13.1. The van der Waals surface area contributed by atoms with E-state index in [1.54, 1.807) is 0 Å². The highest BCUT2D eigenvalue weighted by Crippen LogP contribution is 2.25. The van der Waals surface area contributed by atoms with Crippen molar-refractivity contribution in [2.24, 2.45) is 0 Å². The lowest BCUT2D eigenvalue weighted by atomic mass is 10.1. The predicted molar refractivity (Wildman–Crippen MR) is 69.9 cm³/mol. The first-order valence-electron chi connectivity index (χ1n) is 6.39. The zero-order valence-corrected chi connectivity index (χ0v) is 11.1. The van der Waals surface area contributed by atoms with Crippen LogP contribution in [0.3, 0.4) is 0 Å². The molecule has 0 amide bonds. The van der Waals surface area contributed by atoms with Crippen molar-refractivity contribution in [1.29, 1.82) is 0 Å². The molecule has 2 aliphatic rings. The Kier molecular flexibility index (Phi) is 4.22. The minimum absolute atomic E-state index is 0.155. The minimum atomic E-state index is -2.81. The predicted octanol–water partition coefficient (Wildman–Crippen LogP) is 0.415. The summed E-state index contributed by atoms with van der Waals surface area (Å²) in [6.07, 6.45) is 2.31. The van der Waals surface area contributed by atoms with Gasteiger partial charge in [0.1, 0.15) is 0 Å². The van der Waals surface area contributed by atoms with Gasteiger partial charge in [-0.2, -0.15) is 0 Å². The Morgan fingerprint density at radius 1 is 1.35 bits per heavy atom. The number of piperazine rings is 1. The lowest BCUT2D eigenvalue weighted by molar-refractivity contribution is 0.257. The van der Waals surface area contributed by atoms with Crippen molar-refractivity contribution in [2.75, 3.05) is 38.5 Å². The van der Waals surface area contributed by atoms with Gasteiger partial charge in [-0.05, 0) is 19.3 Å². The quantitative estimate of drug-likeness (QED) is 0.742. The van der Waals surface area contributed by atoms with Gasteiger partial charge >= 0.3 is 0 Å². The molecule has 0 bridgehead atoms. The summed E-state index contributed by atoms with van der Waals surface area (Å²) >= 11 is 0. The van der Waals surface area contributed by atoms with E-state index in [1.165, 1.54) is 0 Å². The van der Waals surface area contributed by atoms with Gasteiger partial charge in [0, 0.05) is 32.7 Å². The maximum atomic E-state index is 11.7. The second kappa shape index (κ2) is 5.50. The van der Waals surface area contributed by atoms with Gasteiger partial charge in [0.2, 0.25) is 0 Å². The van der Waals surface area contributed by atoms with Crippen molar-refractivity contribution in [3.63, 3.8) is 0 Å². The van der Waals surface area contributed by atoms with Crippen molar-refractivity contribution in [3.8, 4) is 0 Å². The fraction of sp³-hybridized carbons (Fsp3) is 0.833. The number of sulfone groups is 1. The van der Waals surface area contributed by atoms with Crippen molar-refractivity contribution in [3.05, 3.63) is 12.2 Å².